The zero-order valence-electron chi connectivity index (χ0n) is 16.3. The fraction of sp³-hybridized carbons (Fsp3) is 0.143. The van der Waals surface area contributed by atoms with Crippen molar-refractivity contribution in [2.75, 3.05) is 19.0 Å². The van der Waals surface area contributed by atoms with Crippen molar-refractivity contribution in [3.8, 4) is 0 Å². The standard InChI is InChI=1S/C21H18BrN5OS2/c1-26(2)17-9-8-14(11-16(17)22)10-15-18(23)27-20(24-19(15)28)30-25-21(27)29-12-13-6-4-3-5-7-13/h3-11,23H,12H2,1-2H3/b15-10-,23-18?. The van der Waals surface area contributed by atoms with Gasteiger partial charge in [-0.2, -0.15) is 9.39 Å². The summed E-state index contributed by atoms with van der Waals surface area (Å²) < 4.78 is 5.34. The minimum absolute atomic E-state index is 0.0992. The Kier molecular flexibility index (Phi) is 6.12. The molecule has 0 radical (unpaired) electrons. The van der Waals surface area contributed by atoms with Gasteiger partial charge < -0.3 is 4.90 Å². The van der Waals surface area contributed by atoms with E-state index >= 15 is 0 Å². The highest BCUT2D eigenvalue weighted by atomic mass is 79.9. The fourth-order valence-corrected chi connectivity index (χ4v) is 5.51. The summed E-state index contributed by atoms with van der Waals surface area (Å²) in [5.74, 6) is 0.404. The van der Waals surface area contributed by atoms with Gasteiger partial charge >= 0.3 is 0 Å². The number of amidine groups is 3. The third-order valence-electron chi connectivity index (χ3n) is 4.47. The van der Waals surface area contributed by atoms with Crippen molar-refractivity contribution < 1.29 is 4.79 Å². The molecule has 0 saturated heterocycles. The van der Waals surface area contributed by atoms with Gasteiger partial charge in [-0.25, -0.2) is 4.90 Å². The Morgan fingerprint density at radius 3 is 2.70 bits per heavy atom. The summed E-state index contributed by atoms with van der Waals surface area (Å²) in [6.07, 6.45) is 1.71. The summed E-state index contributed by atoms with van der Waals surface area (Å²) in [4.78, 5) is 20.4. The van der Waals surface area contributed by atoms with Crippen molar-refractivity contribution in [2.24, 2.45) is 9.39 Å². The molecule has 1 amide bonds. The zero-order valence-corrected chi connectivity index (χ0v) is 19.5. The zero-order chi connectivity index (χ0) is 21.3. The van der Waals surface area contributed by atoms with E-state index < -0.39 is 5.91 Å². The number of hydrogen-bond acceptors (Lipinski definition) is 6. The molecule has 4 rings (SSSR count). The Morgan fingerprint density at radius 1 is 1.23 bits per heavy atom. The third kappa shape index (κ3) is 4.23. The van der Waals surface area contributed by atoms with Gasteiger partial charge in [-0.05, 0) is 45.3 Å². The van der Waals surface area contributed by atoms with Crippen LogP contribution in [0.15, 0.2) is 68.0 Å². The van der Waals surface area contributed by atoms with Crippen molar-refractivity contribution in [1.29, 1.82) is 5.41 Å². The predicted octanol–water partition coefficient (Wildman–Crippen LogP) is 5.03. The molecule has 152 valence electrons. The largest absolute Gasteiger partial charge is 0.377 e. The lowest BCUT2D eigenvalue weighted by Gasteiger charge is -2.24. The highest BCUT2D eigenvalue weighted by molar-refractivity contribution is 9.10. The van der Waals surface area contributed by atoms with E-state index in [1.54, 1.807) is 11.0 Å². The molecule has 0 atom stereocenters. The van der Waals surface area contributed by atoms with Crippen LogP contribution in [-0.4, -0.2) is 41.1 Å². The molecule has 1 N–H and O–H groups in total. The second-order valence-electron chi connectivity index (χ2n) is 6.79. The quantitative estimate of drug-likeness (QED) is 0.471. The molecular weight excluding hydrogens is 482 g/mol. The molecule has 2 aliphatic heterocycles. The topological polar surface area (TPSA) is 72.1 Å². The molecule has 0 saturated carbocycles. The summed E-state index contributed by atoms with van der Waals surface area (Å²) in [6.45, 7) is 0. The number of aliphatic imine (C=N–C) groups is 1. The molecule has 0 unspecified atom stereocenters. The first-order valence-corrected chi connectivity index (χ1v) is 11.6. The van der Waals surface area contributed by atoms with Crippen molar-refractivity contribution >= 4 is 73.5 Å². The summed E-state index contributed by atoms with van der Waals surface area (Å²) in [5.41, 5.74) is 3.27. The van der Waals surface area contributed by atoms with Crippen LogP contribution in [0.4, 0.5) is 5.69 Å². The summed E-state index contributed by atoms with van der Waals surface area (Å²) >= 11 is 6.23. The molecule has 0 aromatic heterocycles. The van der Waals surface area contributed by atoms with Crippen molar-refractivity contribution in [1.82, 2.24) is 4.90 Å². The van der Waals surface area contributed by atoms with Crippen LogP contribution in [0.3, 0.4) is 0 Å². The molecule has 0 spiro atoms. The first-order valence-electron chi connectivity index (χ1n) is 9.06. The SMILES string of the molecule is CN(C)c1ccc(/C=C2/C(=N)N3C(SCc4ccccc4)=NSC3=NC2=O)cc1Br. The molecule has 0 bridgehead atoms. The Labute approximate surface area is 191 Å². The van der Waals surface area contributed by atoms with E-state index in [4.69, 9.17) is 5.41 Å². The lowest BCUT2D eigenvalue weighted by Crippen LogP contribution is -2.41. The minimum Gasteiger partial charge on any atom is -0.377 e. The number of halogens is 1. The molecule has 30 heavy (non-hydrogen) atoms. The first-order chi connectivity index (χ1) is 14.4. The molecule has 9 heteroatoms. The van der Waals surface area contributed by atoms with Gasteiger partial charge in [0.15, 0.2) is 5.17 Å². The first kappa shape index (κ1) is 20.9. The number of nitrogens with one attached hydrogen (secondary N) is 1. The molecule has 2 aliphatic rings. The van der Waals surface area contributed by atoms with Crippen molar-refractivity contribution in [3.05, 3.63) is 69.7 Å². The van der Waals surface area contributed by atoms with Gasteiger partial charge in [0.05, 0.1) is 23.2 Å². The van der Waals surface area contributed by atoms with Crippen LogP contribution in [0.2, 0.25) is 0 Å². The Hall–Kier alpha value is -2.36. The number of carbonyl (C=O) groups excluding carboxylic acids is 1. The number of rotatable bonds is 4. The number of carbonyl (C=O) groups is 1. The molecule has 6 nitrogen and oxygen atoms in total. The van der Waals surface area contributed by atoms with Gasteiger partial charge in [-0.15, -0.1) is 0 Å². The average molecular weight is 500 g/mol. The average Bonchev–Trinajstić information content (AvgIpc) is 3.13. The number of amides is 1. The maximum absolute atomic E-state index is 12.6. The molecule has 2 heterocycles. The monoisotopic (exact) mass is 499 g/mol. The Bertz CT molecular complexity index is 1110. The number of anilines is 1. The Balaban J connectivity index is 1.58. The van der Waals surface area contributed by atoms with Crippen LogP contribution in [0, 0.1) is 5.41 Å². The van der Waals surface area contributed by atoms with E-state index in [0.29, 0.717) is 10.3 Å². The maximum Gasteiger partial charge on any atom is 0.283 e. The van der Waals surface area contributed by atoms with E-state index in [9.17, 15) is 4.79 Å². The second kappa shape index (κ2) is 8.79. The Morgan fingerprint density at radius 2 is 2.00 bits per heavy atom. The van der Waals surface area contributed by atoms with Gasteiger partial charge in [0.25, 0.3) is 5.91 Å². The van der Waals surface area contributed by atoms with Gasteiger partial charge in [0.1, 0.15) is 5.84 Å². The van der Waals surface area contributed by atoms with Gasteiger partial charge in [-0.3, -0.25) is 10.2 Å². The summed E-state index contributed by atoms with van der Waals surface area (Å²) in [7, 11) is 3.93. The molecule has 0 aliphatic carbocycles. The summed E-state index contributed by atoms with van der Waals surface area (Å²) in [5, 5.41) is 9.75. The number of nitrogens with zero attached hydrogens (tertiary/aromatic N) is 4. The molecular formula is C21H18BrN5OS2. The highest BCUT2D eigenvalue weighted by Crippen LogP contribution is 2.33. The number of hydrogen-bond donors (Lipinski definition) is 1. The van der Waals surface area contributed by atoms with E-state index in [1.165, 1.54) is 17.3 Å². The lowest BCUT2D eigenvalue weighted by molar-refractivity contribution is -0.114. The van der Waals surface area contributed by atoms with Gasteiger partial charge in [-0.1, -0.05) is 48.2 Å². The fourth-order valence-electron chi connectivity index (χ4n) is 2.96. The van der Waals surface area contributed by atoms with E-state index in [1.807, 2.05) is 55.4 Å². The lowest BCUT2D eigenvalue weighted by atomic mass is 10.1. The second-order valence-corrected chi connectivity index (χ2v) is 9.31. The van der Waals surface area contributed by atoms with E-state index in [0.717, 1.165) is 33.4 Å². The molecule has 2 aromatic rings. The van der Waals surface area contributed by atoms with E-state index in [2.05, 4.69) is 37.5 Å². The van der Waals surface area contributed by atoms with Gasteiger partial charge in [0.2, 0.25) is 5.17 Å². The van der Waals surface area contributed by atoms with Crippen LogP contribution in [0.5, 0.6) is 0 Å². The summed E-state index contributed by atoms with van der Waals surface area (Å²) in [6, 6.07) is 15.9. The number of fused-ring (bicyclic) bond motifs is 1. The molecule has 0 fully saturated rings. The number of thioether (sulfide) groups is 1. The van der Waals surface area contributed by atoms with E-state index in [-0.39, 0.29) is 11.4 Å². The maximum atomic E-state index is 12.6. The highest BCUT2D eigenvalue weighted by Gasteiger charge is 2.37. The van der Waals surface area contributed by atoms with Gasteiger partial charge in [0, 0.05) is 24.3 Å². The van der Waals surface area contributed by atoms with Crippen LogP contribution in [0.1, 0.15) is 11.1 Å². The normalized spacial score (nSPS) is 17.2. The minimum atomic E-state index is -0.420. The number of benzene rings is 2. The van der Waals surface area contributed by atoms with Crippen molar-refractivity contribution in [3.63, 3.8) is 0 Å². The predicted molar refractivity (Wildman–Crippen MR) is 131 cm³/mol. The van der Waals surface area contributed by atoms with Crippen LogP contribution in [-0.2, 0) is 10.5 Å². The van der Waals surface area contributed by atoms with Crippen LogP contribution >= 0.6 is 39.6 Å². The smallest absolute Gasteiger partial charge is 0.283 e. The van der Waals surface area contributed by atoms with Crippen LogP contribution in [0.25, 0.3) is 6.08 Å². The van der Waals surface area contributed by atoms with Crippen LogP contribution < -0.4 is 4.90 Å². The van der Waals surface area contributed by atoms with Crippen molar-refractivity contribution in [2.45, 2.75) is 5.75 Å². The molecule has 2 aromatic carbocycles. The third-order valence-corrected chi connectivity index (χ3v) is 6.93.